The number of hydrogen-bond donors (Lipinski definition) is 1. The zero-order chi connectivity index (χ0) is 12.5. The van der Waals surface area contributed by atoms with Gasteiger partial charge < -0.3 is 5.11 Å². The molecule has 17 heavy (non-hydrogen) atoms. The molecule has 0 bridgehead atoms. The van der Waals surface area contributed by atoms with Crippen LogP contribution in [0.25, 0.3) is 0 Å². The zero-order valence-corrected chi connectivity index (χ0v) is 9.84. The van der Waals surface area contributed by atoms with Crippen LogP contribution in [0.15, 0.2) is 29.2 Å². The first-order chi connectivity index (χ1) is 8.02. The molecule has 1 fully saturated rings. The van der Waals surface area contributed by atoms with Gasteiger partial charge in [0.1, 0.15) is 0 Å². The second-order valence-corrected chi connectivity index (χ2v) is 5.32. The summed E-state index contributed by atoms with van der Waals surface area (Å²) >= 11 is 0.495. The molecule has 0 amide bonds. The molecular weight excluding hydrogens is 246 g/mol. The maximum absolute atomic E-state index is 12.2. The van der Waals surface area contributed by atoms with Gasteiger partial charge in [-0.3, -0.25) is 4.79 Å². The Kier molecular flexibility index (Phi) is 3.38. The van der Waals surface area contributed by atoms with E-state index in [2.05, 4.69) is 0 Å². The Hall–Kier alpha value is -1.10. The van der Waals surface area contributed by atoms with Crippen LogP contribution in [0.5, 0.6) is 0 Å². The molecule has 1 aromatic carbocycles. The Morgan fingerprint density at radius 2 is 2.18 bits per heavy atom. The van der Waals surface area contributed by atoms with Gasteiger partial charge in [0.15, 0.2) is 0 Å². The van der Waals surface area contributed by atoms with Crippen molar-refractivity contribution in [3.8, 4) is 0 Å². The number of carboxylic acid groups (broad SMARTS) is 1. The topological polar surface area (TPSA) is 37.3 Å². The number of halogens is 2. The molecule has 0 saturated heterocycles. The Bertz CT molecular complexity index is 430. The molecule has 0 heterocycles. The number of carboxylic acids is 1. The molecular formula is C12H12F2O2S. The highest BCUT2D eigenvalue weighted by atomic mass is 32.2. The highest BCUT2D eigenvalue weighted by molar-refractivity contribution is 7.99. The standard InChI is InChI=1S/C12H12F2O2S/c13-11(14)17-9-3-1-2-8(6-9)12(4-5-12)7-10(15)16/h1-3,6,11H,4-5,7H2,(H,15,16). The monoisotopic (exact) mass is 258 g/mol. The number of thioether (sulfide) groups is 1. The van der Waals surface area contributed by atoms with E-state index in [1.165, 1.54) is 0 Å². The van der Waals surface area contributed by atoms with E-state index in [9.17, 15) is 13.6 Å². The fourth-order valence-electron chi connectivity index (χ4n) is 2.01. The molecule has 1 N–H and O–H groups in total. The molecule has 0 aromatic heterocycles. The number of aliphatic carboxylic acids is 1. The molecule has 2 rings (SSSR count). The normalized spacial score (nSPS) is 17.1. The molecule has 5 heteroatoms. The van der Waals surface area contributed by atoms with Crippen molar-refractivity contribution in [1.29, 1.82) is 0 Å². The van der Waals surface area contributed by atoms with Gasteiger partial charge in [0.2, 0.25) is 0 Å². The molecule has 1 aliphatic carbocycles. The van der Waals surface area contributed by atoms with Crippen molar-refractivity contribution in [2.45, 2.75) is 35.3 Å². The summed E-state index contributed by atoms with van der Waals surface area (Å²) in [6.07, 6.45) is 1.72. The third-order valence-corrected chi connectivity index (χ3v) is 3.72. The van der Waals surface area contributed by atoms with Crippen LogP contribution in [-0.4, -0.2) is 16.8 Å². The van der Waals surface area contributed by atoms with Crippen LogP contribution in [0.1, 0.15) is 24.8 Å². The summed E-state index contributed by atoms with van der Waals surface area (Å²) in [5.74, 6) is -3.28. The van der Waals surface area contributed by atoms with Gasteiger partial charge in [0.05, 0.1) is 6.42 Å². The van der Waals surface area contributed by atoms with Crippen molar-refractivity contribution in [3.63, 3.8) is 0 Å². The fraction of sp³-hybridized carbons (Fsp3) is 0.417. The van der Waals surface area contributed by atoms with E-state index >= 15 is 0 Å². The highest BCUT2D eigenvalue weighted by Crippen LogP contribution is 2.51. The maximum atomic E-state index is 12.2. The molecule has 2 nitrogen and oxygen atoms in total. The number of carbonyl (C=O) groups is 1. The molecule has 0 aliphatic heterocycles. The average Bonchev–Trinajstić information content (AvgIpc) is 2.97. The number of hydrogen-bond acceptors (Lipinski definition) is 2. The lowest BCUT2D eigenvalue weighted by Crippen LogP contribution is -2.12. The molecule has 0 unspecified atom stereocenters. The van der Waals surface area contributed by atoms with Gasteiger partial charge in [-0.15, -0.1) is 0 Å². The van der Waals surface area contributed by atoms with Gasteiger partial charge >= 0.3 is 5.97 Å². The van der Waals surface area contributed by atoms with E-state index in [4.69, 9.17) is 5.11 Å². The molecule has 0 radical (unpaired) electrons. The summed E-state index contributed by atoms with van der Waals surface area (Å²) in [5.41, 5.74) is 0.551. The van der Waals surface area contributed by atoms with Crippen molar-refractivity contribution in [2.75, 3.05) is 0 Å². The first kappa shape index (κ1) is 12.4. The van der Waals surface area contributed by atoms with Crippen LogP contribution in [0.3, 0.4) is 0 Å². The second kappa shape index (κ2) is 4.64. The minimum Gasteiger partial charge on any atom is -0.481 e. The summed E-state index contributed by atoms with van der Waals surface area (Å²) in [6, 6.07) is 6.84. The van der Waals surface area contributed by atoms with E-state index < -0.39 is 11.7 Å². The van der Waals surface area contributed by atoms with Crippen LogP contribution >= 0.6 is 11.8 Å². The number of benzene rings is 1. The zero-order valence-electron chi connectivity index (χ0n) is 9.03. The largest absolute Gasteiger partial charge is 0.481 e. The van der Waals surface area contributed by atoms with Crippen LogP contribution < -0.4 is 0 Å². The van der Waals surface area contributed by atoms with Crippen molar-refractivity contribution < 1.29 is 18.7 Å². The summed E-state index contributed by atoms with van der Waals surface area (Å²) < 4.78 is 24.5. The number of rotatable bonds is 5. The van der Waals surface area contributed by atoms with Gasteiger partial charge in [-0.2, -0.15) is 8.78 Å². The molecule has 1 saturated carbocycles. The predicted molar refractivity (Wildman–Crippen MR) is 61.5 cm³/mol. The third-order valence-electron chi connectivity index (χ3n) is 3.01. The van der Waals surface area contributed by atoms with Gasteiger partial charge in [-0.1, -0.05) is 23.9 Å². The van der Waals surface area contributed by atoms with Gasteiger partial charge in [0, 0.05) is 10.3 Å². The Morgan fingerprint density at radius 3 is 2.71 bits per heavy atom. The third kappa shape index (κ3) is 2.97. The molecule has 0 atom stereocenters. The SMILES string of the molecule is O=C(O)CC1(c2cccc(SC(F)F)c2)CC1. The fourth-order valence-corrected chi connectivity index (χ4v) is 2.57. The molecule has 92 valence electrons. The Labute approximate surface area is 102 Å². The first-order valence-electron chi connectivity index (χ1n) is 5.29. The van der Waals surface area contributed by atoms with Gasteiger partial charge in [-0.05, 0) is 30.5 Å². The van der Waals surface area contributed by atoms with Crippen molar-refractivity contribution in [2.24, 2.45) is 0 Å². The second-order valence-electron chi connectivity index (χ2n) is 4.26. The Morgan fingerprint density at radius 1 is 1.47 bits per heavy atom. The predicted octanol–water partition coefficient (Wildman–Crippen LogP) is 3.51. The lowest BCUT2D eigenvalue weighted by molar-refractivity contribution is -0.137. The van der Waals surface area contributed by atoms with E-state index in [1.54, 1.807) is 18.2 Å². The van der Waals surface area contributed by atoms with E-state index in [1.807, 2.05) is 6.07 Å². The smallest absolute Gasteiger partial charge is 0.304 e. The Balaban J connectivity index is 2.18. The summed E-state index contributed by atoms with van der Waals surface area (Å²) in [4.78, 5) is 11.3. The summed E-state index contributed by atoms with van der Waals surface area (Å²) in [5, 5.41) is 8.84. The average molecular weight is 258 g/mol. The summed E-state index contributed by atoms with van der Waals surface area (Å²) in [7, 11) is 0. The van der Waals surface area contributed by atoms with Crippen molar-refractivity contribution in [3.05, 3.63) is 29.8 Å². The van der Waals surface area contributed by atoms with Crippen LogP contribution in [0.4, 0.5) is 8.78 Å². The molecule has 1 aliphatic rings. The van der Waals surface area contributed by atoms with E-state index in [0.717, 1.165) is 18.4 Å². The van der Waals surface area contributed by atoms with Crippen LogP contribution in [0, 0.1) is 0 Å². The van der Waals surface area contributed by atoms with Gasteiger partial charge in [-0.25, -0.2) is 0 Å². The number of alkyl halides is 2. The lowest BCUT2D eigenvalue weighted by atomic mass is 9.93. The summed E-state index contributed by atoms with van der Waals surface area (Å²) in [6.45, 7) is 0. The van der Waals surface area contributed by atoms with Crippen LogP contribution in [0.2, 0.25) is 0 Å². The first-order valence-corrected chi connectivity index (χ1v) is 6.17. The minimum atomic E-state index is -2.44. The van der Waals surface area contributed by atoms with E-state index in [0.29, 0.717) is 16.7 Å². The van der Waals surface area contributed by atoms with Crippen molar-refractivity contribution in [1.82, 2.24) is 0 Å². The van der Waals surface area contributed by atoms with Crippen molar-refractivity contribution >= 4 is 17.7 Å². The minimum absolute atomic E-state index is 0.0792. The molecule has 1 aromatic rings. The quantitative estimate of drug-likeness (QED) is 0.821. The molecule has 0 spiro atoms. The lowest BCUT2D eigenvalue weighted by Gasteiger charge is -2.14. The highest BCUT2D eigenvalue weighted by Gasteiger charge is 2.45. The van der Waals surface area contributed by atoms with E-state index in [-0.39, 0.29) is 11.8 Å². The maximum Gasteiger partial charge on any atom is 0.304 e. The van der Waals surface area contributed by atoms with Gasteiger partial charge in [0.25, 0.3) is 5.76 Å². The van der Waals surface area contributed by atoms with Crippen LogP contribution in [-0.2, 0) is 10.2 Å².